The molecule has 0 aliphatic rings. The van der Waals surface area contributed by atoms with Crippen LogP contribution in [0.25, 0.3) is 0 Å². The quantitative estimate of drug-likeness (QED) is 0.923. The molecule has 2 N–H and O–H groups in total. The first kappa shape index (κ1) is 15.9. The number of rotatable bonds is 5. The molecule has 2 aromatic rings. The van der Waals surface area contributed by atoms with E-state index in [-0.39, 0.29) is 0 Å². The van der Waals surface area contributed by atoms with Gasteiger partial charge in [-0.3, -0.25) is 4.68 Å². The molecule has 1 aromatic carbocycles. The minimum atomic E-state index is 0.411. The first-order chi connectivity index (χ1) is 9.93. The molecule has 0 fully saturated rings. The average molecular weight is 308 g/mol. The number of aryl methyl sites for hydroxylation is 4. The molecule has 0 bridgehead atoms. The van der Waals surface area contributed by atoms with Gasteiger partial charge in [0.25, 0.3) is 0 Å². The summed E-state index contributed by atoms with van der Waals surface area (Å²) in [6, 6.07) is 4.26. The van der Waals surface area contributed by atoms with Gasteiger partial charge in [0.1, 0.15) is 12.4 Å². The van der Waals surface area contributed by atoms with Crippen LogP contribution in [0.15, 0.2) is 12.1 Å². The van der Waals surface area contributed by atoms with Gasteiger partial charge in [0, 0.05) is 7.05 Å². The Hall–Kier alpha value is -1.52. The lowest BCUT2D eigenvalue weighted by molar-refractivity contribution is 0.291. The van der Waals surface area contributed by atoms with Crippen LogP contribution in [0, 0.1) is 20.8 Å². The van der Waals surface area contributed by atoms with Crippen LogP contribution >= 0.6 is 11.6 Å². The summed E-state index contributed by atoms with van der Waals surface area (Å²) < 4.78 is 7.75. The van der Waals surface area contributed by atoms with Crippen molar-refractivity contribution in [1.82, 2.24) is 9.78 Å². The standard InChI is InChI=1S/C16H22ClN3O/c1-10-7-13(5-6-18)8-11(2)16(10)21-9-14-15(17)12(3)19-20(14)4/h7-8H,5-6,9,18H2,1-4H3. The second kappa shape index (κ2) is 6.50. The first-order valence-corrected chi connectivity index (χ1v) is 7.42. The summed E-state index contributed by atoms with van der Waals surface area (Å²) in [6.45, 7) is 7.07. The topological polar surface area (TPSA) is 53.1 Å². The molecule has 0 spiro atoms. The Morgan fingerprint density at radius 3 is 2.33 bits per heavy atom. The summed E-state index contributed by atoms with van der Waals surface area (Å²) in [5.74, 6) is 0.908. The second-order valence-corrected chi connectivity index (χ2v) is 5.73. The molecule has 1 heterocycles. The maximum atomic E-state index is 6.25. The van der Waals surface area contributed by atoms with Crippen LogP contribution < -0.4 is 10.5 Å². The van der Waals surface area contributed by atoms with Gasteiger partial charge in [0.15, 0.2) is 0 Å². The summed E-state index contributed by atoms with van der Waals surface area (Å²) in [5, 5.41) is 4.97. The van der Waals surface area contributed by atoms with E-state index in [0.29, 0.717) is 18.2 Å². The number of benzene rings is 1. The van der Waals surface area contributed by atoms with Crippen LogP contribution in [0.2, 0.25) is 5.02 Å². The van der Waals surface area contributed by atoms with Gasteiger partial charge in [-0.05, 0) is 50.4 Å². The fraction of sp³-hybridized carbons (Fsp3) is 0.438. The normalized spacial score (nSPS) is 11.0. The molecular formula is C16H22ClN3O. The van der Waals surface area contributed by atoms with Crippen molar-refractivity contribution in [3.8, 4) is 5.75 Å². The Labute approximate surface area is 130 Å². The third kappa shape index (κ3) is 3.39. The van der Waals surface area contributed by atoms with E-state index in [2.05, 4.69) is 31.1 Å². The number of hydrogen-bond acceptors (Lipinski definition) is 3. The molecular weight excluding hydrogens is 286 g/mol. The highest BCUT2D eigenvalue weighted by Gasteiger charge is 2.13. The first-order valence-electron chi connectivity index (χ1n) is 7.05. The molecule has 0 saturated heterocycles. The van der Waals surface area contributed by atoms with Gasteiger partial charge in [0.2, 0.25) is 0 Å². The lowest BCUT2D eigenvalue weighted by atomic mass is 10.0. The van der Waals surface area contributed by atoms with Crippen molar-refractivity contribution in [3.05, 3.63) is 45.2 Å². The lowest BCUT2D eigenvalue weighted by Gasteiger charge is -2.14. The predicted octanol–water partition coefficient (Wildman–Crippen LogP) is 3.08. The van der Waals surface area contributed by atoms with Gasteiger partial charge in [0.05, 0.1) is 16.4 Å². The van der Waals surface area contributed by atoms with Crippen molar-refractivity contribution < 1.29 is 4.74 Å². The highest BCUT2D eigenvalue weighted by atomic mass is 35.5. The zero-order valence-electron chi connectivity index (χ0n) is 13.0. The number of aromatic nitrogens is 2. The molecule has 0 saturated carbocycles. The van der Waals surface area contributed by atoms with Gasteiger partial charge in [-0.1, -0.05) is 23.7 Å². The van der Waals surface area contributed by atoms with Crippen LogP contribution in [-0.4, -0.2) is 16.3 Å². The maximum absolute atomic E-state index is 6.25. The van der Waals surface area contributed by atoms with Gasteiger partial charge in [-0.25, -0.2) is 0 Å². The number of nitrogens with two attached hydrogens (primary N) is 1. The molecule has 4 nitrogen and oxygen atoms in total. The van der Waals surface area contributed by atoms with Gasteiger partial charge < -0.3 is 10.5 Å². The Morgan fingerprint density at radius 1 is 1.24 bits per heavy atom. The third-order valence-electron chi connectivity index (χ3n) is 3.57. The largest absolute Gasteiger partial charge is 0.487 e. The molecule has 0 unspecified atom stereocenters. The zero-order chi connectivity index (χ0) is 15.6. The Morgan fingerprint density at radius 2 is 1.86 bits per heavy atom. The summed E-state index contributed by atoms with van der Waals surface area (Å²) in [5.41, 5.74) is 10.8. The number of halogens is 1. The summed E-state index contributed by atoms with van der Waals surface area (Å²) in [4.78, 5) is 0. The molecule has 5 heteroatoms. The maximum Gasteiger partial charge on any atom is 0.131 e. The van der Waals surface area contributed by atoms with E-state index in [1.807, 2.05) is 14.0 Å². The number of hydrogen-bond donors (Lipinski definition) is 1. The van der Waals surface area contributed by atoms with Crippen LogP contribution in [-0.2, 0) is 20.1 Å². The van der Waals surface area contributed by atoms with Crippen molar-refractivity contribution >= 4 is 11.6 Å². The molecule has 0 aliphatic carbocycles. The highest BCUT2D eigenvalue weighted by molar-refractivity contribution is 6.31. The Balaban J connectivity index is 2.20. The molecule has 0 atom stereocenters. The molecule has 0 radical (unpaired) electrons. The van der Waals surface area contributed by atoms with Crippen molar-refractivity contribution in [2.24, 2.45) is 12.8 Å². The smallest absolute Gasteiger partial charge is 0.131 e. The van der Waals surface area contributed by atoms with Gasteiger partial charge in [-0.2, -0.15) is 5.10 Å². The van der Waals surface area contributed by atoms with E-state index in [0.717, 1.165) is 34.7 Å². The monoisotopic (exact) mass is 307 g/mol. The molecule has 1 aromatic heterocycles. The van der Waals surface area contributed by atoms with E-state index in [1.54, 1.807) is 4.68 Å². The summed E-state index contributed by atoms with van der Waals surface area (Å²) >= 11 is 6.25. The van der Waals surface area contributed by atoms with Crippen LogP contribution in [0.3, 0.4) is 0 Å². The molecule has 0 aliphatic heterocycles. The van der Waals surface area contributed by atoms with Gasteiger partial charge >= 0.3 is 0 Å². The molecule has 2 rings (SSSR count). The van der Waals surface area contributed by atoms with E-state index in [9.17, 15) is 0 Å². The van der Waals surface area contributed by atoms with Crippen molar-refractivity contribution in [1.29, 1.82) is 0 Å². The Bertz CT molecular complexity index is 626. The summed E-state index contributed by atoms with van der Waals surface area (Å²) in [7, 11) is 1.88. The third-order valence-corrected chi connectivity index (χ3v) is 4.06. The van der Waals surface area contributed by atoms with Crippen molar-refractivity contribution in [2.75, 3.05) is 6.54 Å². The molecule has 21 heavy (non-hydrogen) atoms. The van der Waals surface area contributed by atoms with Crippen molar-refractivity contribution in [2.45, 2.75) is 33.8 Å². The van der Waals surface area contributed by atoms with Crippen molar-refractivity contribution in [3.63, 3.8) is 0 Å². The fourth-order valence-corrected chi connectivity index (χ4v) is 2.77. The fourth-order valence-electron chi connectivity index (χ4n) is 2.56. The second-order valence-electron chi connectivity index (χ2n) is 5.36. The average Bonchev–Trinajstić information content (AvgIpc) is 2.64. The van der Waals surface area contributed by atoms with Crippen LogP contribution in [0.4, 0.5) is 0 Å². The summed E-state index contributed by atoms with van der Waals surface area (Å²) in [6.07, 6.45) is 0.884. The van der Waals surface area contributed by atoms with E-state index >= 15 is 0 Å². The molecule has 0 amide bonds. The highest BCUT2D eigenvalue weighted by Crippen LogP contribution is 2.27. The van der Waals surface area contributed by atoms with Crippen LogP contribution in [0.1, 0.15) is 28.1 Å². The van der Waals surface area contributed by atoms with Crippen LogP contribution in [0.5, 0.6) is 5.75 Å². The molecule has 114 valence electrons. The Kier molecular flexibility index (Phi) is 4.91. The van der Waals surface area contributed by atoms with E-state index in [4.69, 9.17) is 22.1 Å². The minimum Gasteiger partial charge on any atom is -0.487 e. The lowest BCUT2D eigenvalue weighted by Crippen LogP contribution is -2.07. The number of ether oxygens (including phenoxy) is 1. The van der Waals surface area contributed by atoms with Gasteiger partial charge in [-0.15, -0.1) is 0 Å². The minimum absolute atomic E-state index is 0.411. The number of nitrogens with zero attached hydrogens (tertiary/aromatic N) is 2. The van der Waals surface area contributed by atoms with E-state index in [1.165, 1.54) is 5.56 Å². The SMILES string of the molecule is Cc1cc(CCN)cc(C)c1OCc1c(Cl)c(C)nn1C. The predicted molar refractivity (Wildman–Crippen MR) is 86.0 cm³/mol. The van der Waals surface area contributed by atoms with E-state index < -0.39 is 0 Å². The zero-order valence-corrected chi connectivity index (χ0v) is 13.8.